The van der Waals surface area contributed by atoms with Gasteiger partial charge in [-0.3, -0.25) is 19.7 Å². The Kier molecular flexibility index (Phi) is 4.07. The van der Waals surface area contributed by atoms with Crippen LogP contribution in [0.25, 0.3) is 0 Å². The highest BCUT2D eigenvalue weighted by Crippen LogP contribution is 2.38. The van der Waals surface area contributed by atoms with E-state index < -0.39 is 23.3 Å². The van der Waals surface area contributed by atoms with Crippen molar-refractivity contribution >= 4 is 17.7 Å². The van der Waals surface area contributed by atoms with Gasteiger partial charge in [0, 0.05) is 0 Å². The third kappa shape index (κ3) is 2.40. The molecule has 0 aromatic rings. The minimum atomic E-state index is -1.05. The molecule has 20 heavy (non-hydrogen) atoms. The lowest BCUT2D eigenvalue weighted by Crippen LogP contribution is -2.62. The van der Waals surface area contributed by atoms with Gasteiger partial charge in [-0.05, 0) is 19.3 Å². The van der Waals surface area contributed by atoms with E-state index in [-0.39, 0.29) is 12.5 Å². The zero-order valence-electron chi connectivity index (χ0n) is 11.6. The van der Waals surface area contributed by atoms with Gasteiger partial charge in [0.05, 0.1) is 6.07 Å². The molecule has 1 N–H and O–H groups in total. The second-order valence-corrected chi connectivity index (χ2v) is 5.52. The van der Waals surface area contributed by atoms with Crippen LogP contribution in [0.2, 0.25) is 0 Å². The van der Waals surface area contributed by atoms with E-state index in [0.29, 0.717) is 19.3 Å². The summed E-state index contributed by atoms with van der Waals surface area (Å²) in [6, 6.07) is 1.51. The summed E-state index contributed by atoms with van der Waals surface area (Å²) in [6.07, 6.45) is 4.17. The fraction of sp³-hybridized carbons (Fsp3) is 0.714. The number of hydrogen-bond donors (Lipinski definition) is 1. The summed E-state index contributed by atoms with van der Waals surface area (Å²) in [6.45, 7) is 1.66. The number of piperazine rings is 1. The van der Waals surface area contributed by atoms with Gasteiger partial charge in [-0.2, -0.15) is 5.26 Å². The molecule has 0 bridgehead atoms. The highest BCUT2D eigenvalue weighted by molar-refractivity contribution is 6.05. The maximum Gasteiger partial charge on any atom is 0.249 e. The SMILES string of the molecule is CCC1C(=O)NC(=O)CN1C(=O)C1(C#N)CCCCC1. The second-order valence-electron chi connectivity index (χ2n) is 5.52. The van der Waals surface area contributed by atoms with E-state index in [1.807, 2.05) is 0 Å². The number of rotatable bonds is 2. The Hall–Kier alpha value is -1.90. The van der Waals surface area contributed by atoms with Crippen molar-refractivity contribution in [3.8, 4) is 6.07 Å². The van der Waals surface area contributed by atoms with Gasteiger partial charge in [0.2, 0.25) is 17.7 Å². The molecule has 1 heterocycles. The van der Waals surface area contributed by atoms with Gasteiger partial charge in [0.1, 0.15) is 18.0 Å². The molecule has 1 unspecified atom stereocenters. The molecule has 1 aliphatic carbocycles. The largest absolute Gasteiger partial charge is 0.320 e. The van der Waals surface area contributed by atoms with Crippen molar-refractivity contribution in [2.45, 2.75) is 51.5 Å². The van der Waals surface area contributed by atoms with Crippen molar-refractivity contribution < 1.29 is 14.4 Å². The van der Waals surface area contributed by atoms with Crippen LogP contribution in [0, 0.1) is 16.7 Å². The lowest BCUT2D eigenvalue weighted by atomic mass is 9.74. The second kappa shape index (κ2) is 5.61. The van der Waals surface area contributed by atoms with Crippen LogP contribution in [-0.2, 0) is 14.4 Å². The minimum absolute atomic E-state index is 0.132. The molecule has 3 amide bonds. The first-order chi connectivity index (χ1) is 9.54. The maximum atomic E-state index is 12.7. The Balaban J connectivity index is 2.27. The molecule has 6 heteroatoms. The Morgan fingerprint density at radius 2 is 2.05 bits per heavy atom. The molecule has 108 valence electrons. The standard InChI is InChI=1S/C14H19N3O3/c1-2-10-12(19)16-11(18)8-17(10)13(20)14(9-15)6-4-3-5-7-14/h10H,2-8H2,1H3,(H,16,18,19). The number of nitrogens with zero attached hydrogens (tertiary/aromatic N) is 2. The molecule has 2 fully saturated rings. The van der Waals surface area contributed by atoms with Crippen LogP contribution in [0.15, 0.2) is 0 Å². The summed E-state index contributed by atoms with van der Waals surface area (Å²) in [5, 5.41) is 11.7. The summed E-state index contributed by atoms with van der Waals surface area (Å²) in [5.74, 6) is -1.27. The molecule has 0 radical (unpaired) electrons. The number of imide groups is 1. The molecule has 0 aromatic carbocycles. The molecular formula is C14H19N3O3. The first-order valence-electron chi connectivity index (χ1n) is 7.10. The molecule has 0 spiro atoms. The number of carbonyl (C=O) groups excluding carboxylic acids is 3. The predicted octanol–water partition coefficient (Wildman–Crippen LogP) is 0.724. The molecule has 0 aromatic heterocycles. The lowest BCUT2D eigenvalue weighted by Gasteiger charge is -2.39. The summed E-state index contributed by atoms with van der Waals surface area (Å²) in [4.78, 5) is 37.4. The van der Waals surface area contributed by atoms with E-state index in [0.717, 1.165) is 19.3 Å². The zero-order valence-corrected chi connectivity index (χ0v) is 11.6. The van der Waals surface area contributed by atoms with Gasteiger partial charge in [-0.1, -0.05) is 26.2 Å². The average Bonchev–Trinajstić information content (AvgIpc) is 2.46. The first-order valence-corrected chi connectivity index (χ1v) is 7.10. The third-order valence-electron chi connectivity index (χ3n) is 4.23. The van der Waals surface area contributed by atoms with Crippen molar-refractivity contribution in [2.24, 2.45) is 5.41 Å². The van der Waals surface area contributed by atoms with Crippen LogP contribution < -0.4 is 5.32 Å². The molecular weight excluding hydrogens is 258 g/mol. The maximum absolute atomic E-state index is 12.7. The molecule has 6 nitrogen and oxygen atoms in total. The Labute approximate surface area is 118 Å². The van der Waals surface area contributed by atoms with E-state index in [9.17, 15) is 19.6 Å². The highest BCUT2D eigenvalue weighted by Gasteiger charge is 2.47. The number of carbonyl (C=O) groups is 3. The van der Waals surface area contributed by atoms with Crippen molar-refractivity contribution in [1.82, 2.24) is 10.2 Å². The molecule has 1 atom stereocenters. The van der Waals surface area contributed by atoms with Crippen molar-refractivity contribution in [2.75, 3.05) is 6.54 Å². The first kappa shape index (κ1) is 14.5. The fourth-order valence-electron chi connectivity index (χ4n) is 3.09. The molecule has 2 rings (SSSR count). The van der Waals surface area contributed by atoms with E-state index in [2.05, 4.69) is 11.4 Å². The van der Waals surface area contributed by atoms with Gasteiger partial charge in [-0.25, -0.2) is 0 Å². The van der Waals surface area contributed by atoms with Crippen molar-refractivity contribution in [3.63, 3.8) is 0 Å². The zero-order chi connectivity index (χ0) is 14.8. The molecule has 1 saturated heterocycles. The number of nitrogens with one attached hydrogen (secondary N) is 1. The topological polar surface area (TPSA) is 90.3 Å². The number of amides is 3. The van der Waals surface area contributed by atoms with Crippen LogP contribution in [0.5, 0.6) is 0 Å². The summed E-state index contributed by atoms with van der Waals surface area (Å²) >= 11 is 0. The number of nitriles is 1. The van der Waals surface area contributed by atoms with Gasteiger partial charge >= 0.3 is 0 Å². The van der Waals surface area contributed by atoms with Gasteiger partial charge in [-0.15, -0.1) is 0 Å². The van der Waals surface area contributed by atoms with Crippen LogP contribution in [-0.4, -0.2) is 35.2 Å². The monoisotopic (exact) mass is 277 g/mol. The van der Waals surface area contributed by atoms with Crippen LogP contribution >= 0.6 is 0 Å². The summed E-state index contributed by atoms with van der Waals surface area (Å²) in [7, 11) is 0. The third-order valence-corrected chi connectivity index (χ3v) is 4.23. The Morgan fingerprint density at radius 3 is 2.60 bits per heavy atom. The number of hydrogen-bond acceptors (Lipinski definition) is 4. The molecule has 1 aliphatic heterocycles. The fourth-order valence-corrected chi connectivity index (χ4v) is 3.09. The Bertz CT molecular complexity index is 475. The van der Waals surface area contributed by atoms with Crippen molar-refractivity contribution in [3.05, 3.63) is 0 Å². The van der Waals surface area contributed by atoms with E-state index in [1.54, 1.807) is 6.92 Å². The van der Waals surface area contributed by atoms with Gasteiger partial charge in [0.15, 0.2) is 0 Å². The van der Waals surface area contributed by atoms with Crippen LogP contribution in [0.3, 0.4) is 0 Å². The van der Waals surface area contributed by atoms with Crippen LogP contribution in [0.1, 0.15) is 45.4 Å². The Morgan fingerprint density at radius 1 is 1.40 bits per heavy atom. The lowest BCUT2D eigenvalue weighted by molar-refractivity contribution is -0.155. The normalized spacial score (nSPS) is 25.8. The summed E-state index contributed by atoms with van der Waals surface area (Å²) in [5.41, 5.74) is -1.05. The van der Waals surface area contributed by atoms with E-state index >= 15 is 0 Å². The van der Waals surface area contributed by atoms with E-state index in [1.165, 1.54) is 4.90 Å². The quantitative estimate of drug-likeness (QED) is 0.753. The van der Waals surface area contributed by atoms with Crippen molar-refractivity contribution in [1.29, 1.82) is 5.26 Å². The smallest absolute Gasteiger partial charge is 0.249 e. The highest BCUT2D eigenvalue weighted by atomic mass is 16.2. The summed E-state index contributed by atoms with van der Waals surface area (Å²) < 4.78 is 0. The van der Waals surface area contributed by atoms with Gasteiger partial charge in [0.25, 0.3) is 0 Å². The predicted molar refractivity (Wildman–Crippen MR) is 70.1 cm³/mol. The average molecular weight is 277 g/mol. The van der Waals surface area contributed by atoms with Crippen LogP contribution in [0.4, 0.5) is 0 Å². The van der Waals surface area contributed by atoms with Gasteiger partial charge < -0.3 is 4.90 Å². The molecule has 2 aliphatic rings. The minimum Gasteiger partial charge on any atom is -0.320 e. The molecule has 1 saturated carbocycles. The van der Waals surface area contributed by atoms with E-state index in [4.69, 9.17) is 0 Å².